The fourth-order valence-corrected chi connectivity index (χ4v) is 2.35. The minimum Gasteiger partial charge on any atom is -0.478 e. The van der Waals surface area contributed by atoms with E-state index in [-0.39, 0.29) is 16.8 Å². The molecule has 0 fully saturated rings. The van der Waals surface area contributed by atoms with E-state index in [2.05, 4.69) is 4.98 Å². The van der Waals surface area contributed by atoms with Crippen LogP contribution in [0.1, 0.15) is 10.4 Å². The summed E-state index contributed by atoms with van der Waals surface area (Å²) in [5, 5.41) is 10.2. The number of carbonyl (C=O) groups is 1. The molecular weight excluding hydrogens is 293 g/mol. The quantitative estimate of drug-likeness (QED) is 0.763. The van der Waals surface area contributed by atoms with Gasteiger partial charge >= 0.3 is 5.97 Å². The molecule has 0 atom stereocenters. The van der Waals surface area contributed by atoms with Gasteiger partial charge in [0.05, 0.1) is 16.8 Å². The Balaban J connectivity index is 2.34. The minimum absolute atomic E-state index is 0.0424. The number of carboxylic acid groups (broad SMARTS) is 1. The standard InChI is InChI=1S/C16H9ClFNO2/c17-9-5-6-14-11(7-9)12(16(20)21)8-15(19-14)10-3-1-2-4-13(10)18/h1-8H,(H,20,21). The predicted molar refractivity (Wildman–Crippen MR) is 79.1 cm³/mol. The van der Waals surface area contributed by atoms with Crippen LogP contribution in [0.25, 0.3) is 22.2 Å². The van der Waals surface area contributed by atoms with Crippen molar-refractivity contribution in [2.45, 2.75) is 0 Å². The van der Waals surface area contributed by atoms with Crippen molar-refractivity contribution < 1.29 is 14.3 Å². The number of rotatable bonds is 2. The number of fused-ring (bicyclic) bond motifs is 1. The second kappa shape index (κ2) is 5.14. The highest BCUT2D eigenvalue weighted by atomic mass is 35.5. The molecule has 0 unspecified atom stereocenters. The monoisotopic (exact) mass is 301 g/mol. The summed E-state index contributed by atoms with van der Waals surface area (Å²) in [5.74, 6) is -1.56. The lowest BCUT2D eigenvalue weighted by Crippen LogP contribution is -2.01. The predicted octanol–water partition coefficient (Wildman–Crippen LogP) is 4.39. The van der Waals surface area contributed by atoms with Crippen molar-refractivity contribution in [1.29, 1.82) is 0 Å². The van der Waals surface area contributed by atoms with E-state index in [4.69, 9.17) is 11.6 Å². The summed E-state index contributed by atoms with van der Waals surface area (Å²) in [6.07, 6.45) is 0. The Morgan fingerprint density at radius 1 is 1.14 bits per heavy atom. The zero-order chi connectivity index (χ0) is 15.0. The summed E-state index contributed by atoms with van der Waals surface area (Å²) in [6.45, 7) is 0. The van der Waals surface area contributed by atoms with Crippen molar-refractivity contribution in [3.8, 4) is 11.3 Å². The van der Waals surface area contributed by atoms with E-state index in [1.807, 2.05) is 0 Å². The van der Waals surface area contributed by atoms with Crippen molar-refractivity contribution in [3.63, 3.8) is 0 Å². The molecule has 3 rings (SSSR count). The maximum atomic E-state index is 13.9. The molecule has 5 heteroatoms. The molecule has 1 aromatic heterocycles. The van der Waals surface area contributed by atoms with Crippen molar-refractivity contribution in [2.24, 2.45) is 0 Å². The highest BCUT2D eigenvalue weighted by Gasteiger charge is 2.15. The van der Waals surface area contributed by atoms with Crippen molar-refractivity contribution >= 4 is 28.5 Å². The lowest BCUT2D eigenvalue weighted by molar-refractivity contribution is 0.0699. The summed E-state index contributed by atoms with van der Waals surface area (Å²) in [4.78, 5) is 15.8. The molecule has 0 bridgehead atoms. The first-order valence-corrected chi connectivity index (χ1v) is 6.52. The molecule has 21 heavy (non-hydrogen) atoms. The summed E-state index contributed by atoms with van der Waals surface area (Å²) in [6, 6.07) is 12.2. The molecule has 0 spiro atoms. The number of carboxylic acids is 1. The second-order valence-corrected chi connectivity index (χ2v) is 4.94. The van der Waals surface area contributed by atoms with Crippen LogP contribution < -0.4 is 0 Å². The summed E-state index contributed by atoms with van der Waals surface area (Å²) >= 11 is 5.90. The zero-order valence-electron chi connectivity index (χ0n) is 10.7. The molecule has 0 aliphatic rings. The van der Waals surface area contributed by atoms with E-state index < -0.39 is 11.8 Å². The molecule has 0 aliphatic carbocycles. The summed E-state index contributed by atoms with van der Waals surface area (Å²) < 4.78 is 13.9. The lowest BCUT2D eigenvalue weighted by Gasteiger charge is -2.08. The van der Waals surface area contributed by atoms with Gasteiger partial charge < -0.3 is 5.11 Å². The molecule has 0 aliphatic heterocycles. The molecular formula is C16H9ClFNO2. The van der Waals surface area contributed by atoms with Crippen LogP contribution in [-0.4, -0.2) is 16.1 Å². The number of halogens is 2. The van der Waals surface area contributed by atoms with Gasteiger partial charge in [0.25, 0.3) is 0 Å². The van der Waals surface area contributed by atoms with E-state index in [1.165, 1.54) is 12.1 Å². The molecule has 2 aromatic carbocycles. The summed E-state index contributed by atoms with van der Waals surface area (Å²) in [5.41, 5.74) is 1.04. The highest BCUT2D eigenvalue weighted by molar-refractivity contribution is 6.31. The summed E-state index contributed by atoms with van der Waals surface area (Å²) in [7, 11) is 0. The average Bonchev–Trinajstić information content (AvgIpc) is 2.46. The number of aromatic nitrogens is 1. The van der Waals surface area contributed by atoms with Gasteiger partial charge in [-0.15, -0.1) is 0 Å². The molecule has 1 N–H and O–H groups in total. The molecule has 104 valence electrons. The van der Waals surface area contributed by atoms with Gasteiger partial charge in [0, 0.05) is 16.0 Å². The normalized spacial score (nSPS) is 10.8. The van der Waals surface area contributed by atoms with Crippen LogP contribution in [0.5, 0.6) is 0 Å². The third kappa shape index (κ3) is 2.45. The lowest BCUT2D eigenvalue weighted by atomic mass is 10.0. The Labute approximate surface area is 124 Å². The Morgan fingerprint density at radius 2 is 1.90 bits per heavy atom. The molecule has 0 saturated carbocycles. The van der Waals surface area contributed by atoms with E-state index in [9.17, 15) is 14.3 Å². The van der Waals surface area contributed by atoms with Crippen LogP contribution in [0.15, 0.2) is 48.5 Å². The van der Waals surface area contributed by atoms with Gasteiger partial charge in [0.2, 0.25) is 0 Å². The maximum Gasteiger partial charge on any atom is 0.336 e. The van der Waals surface area contributed by atoms with Crippen LogP contribution in [0.4, 0.5) is 4.39 Å². The van der Waals surface area contributed by atoms with Gasteiger partial charge in [-0.05, 0) is 36.4 Å². The fourth-order valence-electron chi connectivity index (χ4n) is 2.18. The third-order valence-electron chi connectivity index (χ3n) is 3.15. The number of pyridine rings is 1. The Morgan fingerprint density at radius 3 is 2.62 bits per heavy atom. The smallest absolute Gasteiger partial charge is 0.336 e. The first kappa shape index (κ1) is 13.5. The van der Waals surface area contributed by atoms with Crippen LogP contribution in [0.3, 0.4) is 0 Å². The second-order valence-electron chi connectivity index (χ2n) is 4.50. The first-order chi connectivity index (χ1) is 10.1. The zero-order valence-corrected chi connectivity index (χ0v) is 11.4. The van der Waals surface area contributed by atoms with E-state index in [0.29, 0.717) is 15.9 Å². The molecule has 0 radical (unpaired) electrons. The van der Waals surface area contributed by atoms with Crippen molar-refractivity contribution in [2.75, 3.05) is 0 Å². The number of benzene rings is 2. The number of nitrogens with zero attached hydrogens (tertiary/aromatic N) is 1. The topological polar surface area (TPSA) is 50.2 Å². The molecule has 3 nitrogen and oxygen atoms in total. The Bertz CT molecular complexity index is 864. The highest BCUT2D eigenvalue weighted by Crippen LogP contribution is 2.28. The number of aromatic carboxylic acids is 1. The number of hydrogen-bond acceptors (Lipinski definition) is 2. The van der Waals surface area contributed by atoms with Gasteiger partial charge in [-0.25, -0.2) is 14.2 Å². The van der Waals surface area contributed by atoms with Crippen LogP contribution in [0.2, 0.25) is 5.02 Å². The average molecular weight is 302 g/mol. The molecule has 0 saturated heterocycles. The minimum atomic E-state index is -1.11. The SMILES string of the molecule is O=C(O)c1cc(-c2ccccc2F)nc2ccc(Cl)cc12. The van der Waals surface area contributed by atoms with Crippen LogP contribution >= 0.6 is 11.6 Å². The van der Waals surface area contributed by atoms with Gasteiger partial charge in [-0.2, -0.15) is 0 Å². The third-order valence-corrected chi connectivity index (χ3v) is 3.39. The Hall–Kier alpha value is -2.46. The van der Waals surface area contributed by atoms with Gasteiger partial charge in [-0.1, -0.05) is 23.7 Å². The molecule has 1 heterocycles. The van der Waals surface area contributed by atoms with E-state index in [0.717, 1.165) is 0 Å². The largest absolute Gasteiger partial charge is 0.478 e. The van der Waals surface area contributed by atoms with Crippen LogP contribution in [-0.2, 0) is 0 Å². The van der Waals surface area contributed by atoms with Gasteiger partial charge in [0.1, 0.15) is 5.82 Å². The molecule has 0 amide bonds. The molecule has 3 aromatic rings. The maximum absolute atomic E-state index is 13.9. The van der Waals surface area contributed by atoms with Gasteiger partial charge in [-0.3, -0.25) is 0 Å². The van der Waals surface area contributed by atoms with Crippen molar-refractivity contribution in [3.05, 3.63) is 64.9 Å². The fraction of sp³-hybridized carbons (Fsp3) is 0. The van der Waals surface area contributed by atoms with Gasteiger partial charge in [0.15, 0.2) is 0 Å². The first-order valence-electron chi connectivity index (χ1n) is 6.15. The van der Waals surface area contributed by atoms with Crippen LogP contribution in [0, 0.1) is 5.82 Å². The van der Waals surface area contributed by atoms with Crippen molar-refractivity contribution in [1.82, 2.24) is 4.98 Å². The van der Waals surface area contributed by atoms with E-state index in [1.54, 1.807) is 36.4 Å². The Kier molecular flexibility index (Phi) is 3.31. The number of hydrogen-bond donors (Lipinski definition) is 1. The van der Waals surface area contributed by atoms with E-state index >= 15 is 0 Å².